The van der Waals surface area contributed by atoms with E-state index in [4.69, 9.17) is 18.0 Å². The Morgan fingerprint density at radius 1 is 1.60 bits per heavy atom. The van der Waals surface area contributed by atoms with Crippen LogP contribution in [0.15, 0.2) is 0 Å². The Morgan fingerprint density at radius 2 is 2.13 bits per heavy atom. The van der Waals surface area contributed by atoms with E-state index in [-0.39, 0.29) is 16.9 Å². The second-order valence-corrected chi connectivity index (χ2v) is 5.57. The zero-order valence-corrected chi connectivity index (χ0v) is 11.4. The van der Waals surface area contributed by atoms with Crippen LogP contribution in [0.2, 0.25) is 0 Å². The van der Waals surface area contributed by atoms with Crippen molar-refractivity contribution >= 4 is 34.9 Å². The van der Waals surface area contributed by atoms with Crippen molar-refractivity contribution < 1.29 is 4.79 Å². The average molecular weight is 248 g/mol. The minimum Gasteiger partial charge on any atom is -0.392 e. The molecule has 0 fully saturated rings. The Labute approximate surface area is 102 Å². The fraction of sp³-hybridized carbons (Fsp3) is 0.800. The molecule has 0 aliphatic heterocycles. The number of nitrogens with two attached hydrogens (primary N) is 1. The van der Waals surface area contributed by atoms with Gasteiger partial charge in [0.2, 0.25) is 5.91 Å². The minimum atomic E-state index is -0.761. The van der Waals surface area contributed by atoms with Crippen LogP contribution < -0.4 is 11.1 Å². The molecule has 1 amide bonds. The summed E-state index contributed by atoms with van der Waals surface area (Å²) in [4.78, 5) is 12.0. The van der Waals surface area contributed by atoms with Gasteiger partial charge in [-0.05, 0) is 39.2 Å². The van der Waals surface area contributed by atoms with Crippen LogP contribution in [-0.2, 0) is 4.79 Å². The molecule has 0 bridgehead atoms. The molecule has 0 rings (SSSR count). The van der Waals surface area contributed by atoms with E-state index in [0.29, 0.717) is 0 Å². The van der Waals surface area contributed by atoms with E-state index in [1.165, 1.54) is 0 Å². The number of thiocarbonyl (C=S) groups is 1. The van der Waals surface area contributed by atoms with Crippen LogP contribution in [0.3, 0.4) is 0 Å². The summed E-state index contributed by atoms with van der Waals surface area (Å²) in [5.74, 6) is 0.943. The second-order valence-electron chi connectivity index (χ2n) is 4.15. The second kappa shape index (κ2) is 6.33. The molecular formula is C10H20N2OS2. The minimum absolute atomic E-state index is 0.0939. The summed E-state index contributed by atoms with van der Waals surface area (Å²) in [5.41, 5.74) is 4.75. The number of carbonyl (C=O) groups is 1. The van der Waals surface area contributed by atoms with Gasteiger partial charge in [-0.1, -0.05) is 12.2 Å². The van der Waals surface area contributed by atoms with Gasteiger partial charge in [0.15, 0.2) is 0 Å². The number of thioether (sulfide) groups is 1. The maximum absolute atomic E-state index is 11.8. The molecule has 0 aromatic rings. The smallest absolute Gasteiger partial charge is 0.232 e. The van der Waals surface area contributed by atoms with Crippen LogP contribution in [0.4, 0.5) is 0 Å². The molecule has 0 saturated carbocycles. The van der Waals surface area contributed by atoms with Gasteiger partial charge in [-0.3, -0.25) is 4.79 Å². The lowest BCUT2D eigenvalue weighted by Gasteiger charge is -2.24. The van der Waals surface area contributed by atoms with Crippen LogP contribution in [0.25, 0.3) is 0 Å². The lowest BCUT2D eigenvalue weighted by atomic mass is 9.92. The third-order valence-electron chi connectivity index (χ3n) is 2.32. The summed E-state index contributed by atoms with van der Waals surface area (Å²) in [6, 6.07) is 0.165. The van der Waals surface area contributed by atoms with Gasteiger partial charge in [-0.2, -0.15) is 11.8 Å². The molecule has 0 spiro atoms. The Kier molecular flexibility index (Phi) is 6.20. The summed E-state index contributed by atoms with van der Waals surface area (Å²) in [6.45, 7) is 5.47. The van der Waals surface area contributed by atoms with E-state index in [0.717, 1.165) is 12.2 Å². The van der Waals surface area contributed by atoms with Crippen molar-refractivity contribution in [2.24, 2.45) is 11.1 Å². The van der Waals surface area contributed by atoms with E-state index in [9.17, 15) is 4.79 Å². The molecule has 0 aromatic heterocycles. The third kappa shape index (κ3) is 4.84. The zero-order valence-electron chi connectivity index (χ0n) is 9.79. The maximum atomic E-state index is 11.8. The summed E-state index contributed by atoms with van der Waals surface area (Å²) in [5, 5.41) is 2.92. The summed E-state index contributed by atoms with van der Waals surface area (Å²) in [6.07, 6.45) is 3.01. The number of rotatable bonds is 6. The van der Waals surface area contributed by atoms with E-state index >= 15 is 0 Å². The van der Waals surface area contributed by atoms with Crippen LogP contribution >= 0.6 is 24.0 Å². The molecule has 0 heterocycles. The van der Waals surface area contributed by atoms with Gasteiger partial charge in [0.1, 0.15) is 0 Å². The van der Waals surface area contributed by atoms with Crippen LogP contribution in [0.5, 0.6) is 0 Å². The number of carbonyl (C=O) groups excluding carboxylic acids is 1. The van der Waals surface area contributed by atoms with E-state index in [1.54, 1.807) is 25.6 Å². The molecule has 0 aromatic carbocycles. The Balaban J connectivity index is 4.18. The van der Waals surface area contributed by atoms with E-state index in [2.05, 4.69) is 5.32 Å². The van der Waals surface area contributed by atoms with Gasteiger partial charge in [-0.25, -0.2) is 0 Å². The summed E-state index contributed by atoms with van der Waals surface area (Å²) < 4.78 is 0. The molecule has 0 radical (unpaired) electrons. The number of hydrogen-bond acceptors (Lipinski definition) is 3. The highest BCUT2D eigenvalue weighted by atomic mass is 32.2. The third-order valence-corrected chi connectivity index (χ3v) is 3.47. The van der Waals surface area contributed by atoms with Crippen molar-refractivity contribution in [1.82, 2.24) is 5.32 Å². The Morgan fingerprint density at radius 3 is 2.53 bits per heavy atom. The van der Waals surface area contributed by atoms with Crippen LogP contribution in [0.1, 0.15) is 27.2 Å². The SMILES string of the molecule is CSCCC(C)NC(=O)C(C)(C)C(N)=S. The molecule has 3 nitrogen and oxygen atoms in total. The largest absolute Gasteiger partial charge is 0.392 e. The normalized spacial score (nSPS) is 13.3. The number of amides is 1. The molecular weight excluding hydrogens is 228 g/mol. The van der Waals surface area contributed by atoms with Gasteiger partial charge < -0.3 is 11.1 Å². The van der Waals surface area contributed by atoms with E-state index in [1.807, 2.05) is 13.2 Å². The topological polar surface area (TPSA) is 55.1 Å². The standard InChI is InChI=1S/C10H20N2OS2/c1-7(5-6-15-4)12-9(13)10(2,3)8(11)14/h7H,5-6H2,1-4H3,(H2,11,14)(H,12,13). The summed E-state index contributed by atoms with van der Waals surface area (Å²) in [7, 11) is 0. The van der Waals surface area contributed by atoms with Crippen molar-refractivity contribution in [3.63, 3.8) is 0 Å². The molecule has 15 heavy (non-hydrogen) atoms. The van der Waals surface area contributed by atoms with Crippen LogP contribution in [0, 0.1) is 5.41 Å². The molecule has 0 aliphatic rings. The molecule has 5 heteroatoms. The number of nitrogens with one attached hydrogen (secondary N) is 1. The molecule has 1 unspecified atom stereocenters. The van der Waals surface area contributed by atoms with E-state index < -0.39 is 5.41 Å². The van der Waals surface area contributed by atoms with Crippen molar-refractivity contribution in [3.05, 3.63) is 0 Å². The lowest BCUT2D eigenvalue weighted by Crippen LogP contribution is -2.47. The van der Waals surface area contributed by atoms with Gasteiger partial charge in [-0.15, -0.1) is 0 Å². The predicted molar refractivity (Wildman–Crippen MR) is 71.2 cm³/mol. The van der Waals surface area contributed by atoms with Crippen molar-refractivity contribution in [3.8, 4) is 0 Å². The molecule has 0 saturated heterocycles. The predicted octanol–water partition coefficient (Wildman–Crippen LogP) is 1.56. The van der Waals surface area contributed by atoms with Gasteiger partial charge in [0, 0.05) is 6.04 Å². The van der Waals surface area contributed by atoms with Crippen molar-refractivity contribution in [2.75, 3.05) is 12.0 Å². The fourth-order valence-corrected chi connectivity index (χ4v) is 1.56. The Bertz CT molecular complexity index is 242. The quantitative estimate of drug-likeness (QED) is 0.700. The van der Waals surface area contributed by atoms with Gasteiger partial charge >= 0.3 is 0 Å². The highest BCUT2D eigenvalue weighted by molar-refractivity contribution is 7.98. The summed E-state index contributed by atoms with van der Waals surface area (Å²) >= 11 is 6.63. The molecule has 0 aliphatic carbocycles. The van der Waals surface area contributed by atoms with Gasteiger partial charge in [0.05, 0.1) is 10.4 Å². The maximum Gasteiger partial charge on any atom is 0.232 e. The zero-order chi connectivity index (χ0) is 12.1. The first kappa shape index (κ1) is 14.7. The first-order valence-corrected chi connectivity index (χ1v) is 6.72. The molecule has 1 atom stereocenters. The first-order chi connectivity index (χ1) is 6.82. The Hall–Kier alpha value is -0.290. The fourth-order valence-electron chi connectivity index (χ4n) is 0.883. The van der Waals surface area contributed by atoms with Crippen LogP contribution in [-0.4, -0.2) is 28.9 Å². The highest BCUT2D eigenvalue weighted by Crippen LogP contribution is 2.16. The lowest BCUT2D eigenvalue weighted by molar-refractivity contribution is -0.126. The molecule has 88 valence electrons. The van der Waals surface area contributed by atoms with Crippen molar-refractivity contribution in [1.29, 1.82) is 0 Å². The monoisotopic (exact) mass is 248 g/mol. The van der Waals surface area contributed by atoms with Gasteiger partial charge in [0.25, 0.3) is 0 Å². The molecule has 3 N–H and O–H groups in total. The highest BCUT2D eigenvalue weighted by Gasteiger charge is 2.31. The average Bonchev–Trinajstić information content (AvgIpc) is 2.14. The number of hydrogen-bond donors (Lipinski definition) is 2. The van der Waals surface area contributed by atoms with Crippen molar-refractivity contribution in [2.45, 2.75) is 33.2 Å². The first-order valence-electron chi connectivity index (χ1n) is 4.92.